The van der Waals surface area contributed by atoms with E-state index in [0.717, 1.165) is 25.7 Å². The van der Waals surface area contributed by atoms with Crippen molar-refractivity contribution >= 4 is 10.1 Å². The standard InChI is InChI=1S/C18H30O4S.C2H6O2/c1-3-5-7-13-17(10-4-2)22-15-14-18(23(19,20)21)16-11-8-6-9-12-16;3-1-2-4/h6,8-9,11-12,17-18H,3-5,7,10,13-15H2,1-2H3,(H,19,20,21);3-4H,1-2H2. The number of rotatable bonds is 13. The van der Waals surface area contributed by atoms with Crippen molar-refractivity contribution in [2.24, 2.45) is 0 Å². The monoisotopic (exact) mass is 404 g/mol. The minimum Gasteiger partial charge on any atom is -0.394 e. The number of hydrogen-bond donors (Lipinski definition) is 3. The molecule has 27 heavy (non-hydrogen) atoms. The van der Waals surface area contributed by atoms with Crippen LogP contribution >= 0.6 is 0 Å². The Morgan fingerprint density at radius 1 is 0.926 bits per heavy atom. The van der Waals surface area contributed by atoms with Crippen LogP contribution < -0.4 is 0 Å². The van der Waals surface area contributed by atoms with E-state index in [1.54, 1.807) is 24.3 Å². The quantitative estimate of drug-likeness (QED) is 0.342. The average Bonchev–Trinajstić information content (AvgIpc) is 2.65. The van der Waals surface area contributed by atoms with Gasteiger partial charge in [-0.25, -0.2) is 0 Å². The van der Waals surface area contributed by atoms with E-state index in [1.165, 1.54) is 12.8 Å². The summed E-state index contributed by atoms with van der Waals surface area (Å²) < 4.78 is 38.7. The highest BCUT2D eigenvalue weighted by molar-refractivity contribution is 7.86. The molecule has 0 spiro atoms. The molecule has 0 saturated carbocycles. The van der Waals surface area contributed by atoms with E-state index >= 15 is 0 Å². The molecule has 1 aromatic rings. The molecule has 2 unspecified atom stereocenters. The first-order chi connectivity index (χ1) is 12.9. The van der Waals surface area contributed by atoms with Crippen LogP contribution in [0.4, 0.5) is 0 Å². The second-order valence-electron chi connectivity index (χ2n) is 6.43. The topological polar surface area (TPSA) is 104 Å². The highest BCUT2D eigenvalue weighted by atomic mass is 32.2. The average molecular weight is 405 g/mol. The second-order valence-corrected chi connectivity index (χ2v) is 8.03. The lowest BCUT2D eigenvalue weighted by atomic mass is 10.1. The number of benzene rings is 1. The first kappa shape index (κ1) is 26.0. The summed E-state index contributed by atoms with van der Waals surface area (Å²) in [5.74, 6) is 0. The van der Waals surface area contributed by atoms with Gasteiger partial charge in [0.15, 0.2) is 0 Å². The SMILES string of the molecule is CCCCCC(CCC)OCCC(c1ccccc1)S(=O)(=O)O.OCCO. The molecule has 3 N–H and O–H groups in total. The lowest BCUT2D eigenvalue weighted by Gasteiger charge is -2.19. The zero-order valence-electron chi connectivity index (χ0n) is 16.6. The third kappa shape index (κ3) is 12.9. The summed E-state index contributed by atoms with van der Waals surface area (Å²) >= 11 is 0. The summed E-state index contributed by atoms with van der Waals surface area (Å²) in [6.45, 7) is 4.39. The van der Waals surface area contributed by atoms with Crippen LogP contribution in [0.2, 0.25) is 0 Å². The van der Waals surface area contributed by atoms with Gasteiger partial charge in [-0.1, -0.05) is 69.9 Å². The van der Waals surface area contributed by atoms with Crippen molar-refractivity contribution in [2.75, 3.05) is 19.8 Å². The third-order valence-electron chi connectivity index (χ3n) is 4.10. The molecular formula is C20H36O6S. The Morgan fingerprint density at radius 3 is 2.04 bits per heavy atom. The highest BCUT2D eigenvalue weighted by Crippen LogP contribution is 2.25. The fourth-order valence-electron chi connectivity index (χ4n) is 2.75. The van der Waals surface area contributed by atoms with Crippen molar-refractivity contribution in [3.05, 3.63) is 35.9 Å². The normalized spacial score (nSPS) is 13.5. The molecule has 0 radical (unpaired) electrons. The summed E-state index contributed by atoms with van der Waals surface area (Å²) in [5, 5.41) is 14.3. The molecule has 0 aliphatic carbocycles. The van der Waals surface area contributed by atoms with Crippen LogP contribution in [0.25, 0.3) is 0 Å². The fourth-order valence-corrected chi connectivity index (χ4v) is 3.65. The van der Waals surface area contributed by atoms with Crippen molar-refractivity contribution in [1.82, 2.24) is 0 Å². The molecule has 7 heteroatoms. The van der Waals surface area contributed by atoms with Crippen molar-refractivity contribution in [2.45, 2.75) is 70.1 Å². The molecule has 0 aliphatic rings. The lowest BCUT2D eigenvalue weighted by Crippen LogP contribution is -2.18. The number of hydrogen-bond acceptors (Lipinski definition) is 5. The van der Waals surface area contributed by atoms with Crippen LogP contribution in [0.3, 0.4) is 0 Å². The summed E-state index contributed by atoms with van der Waals surface area (Å²) in [7, 11) is -4.13. The molecule has 0 amide bonds. The molecule has 2 atom stereocenters. The van der Waals surface area contributed by atoms with Gasteiger partial charge < -0.3 is 14.9 Å². The molecule has 0 saturated heterocycles. The van der Waals surface area contributed by atoms with Crippen LogP contribution in [0.15, 0.2) is 30.3 Å². The second kappa shape index (κ2) is 16.0. The van der Waals surface area contributed by atoms with Crippen LogP contribution in [-0.4, -0.2) is 49.1 Å². The molecule has 0 aromatic heterocycles. The van der Waals surface area contributed by atoms with Crippen molar-refractivity contribution in [3.63, 3.8) is 0 Å². The van der Waals surface area contributed by atoms with E-state index in [9.17, 15) is 13.0 Å². The van der Waals surface area contributed by atoms with Crippen LogP contribution in [-0.2, 0) is 14.9 Å². The Labute approximate surface area is 164 Å². The highest BCUT2D eigenvalue weighted by Gasteiger charge is 2.25. The minimum absolute atomic E-state index is 0.125. The Morgan fingerprint density at radius 2 is 1.56 bits per heavy atom. The third-order valence-corrected chi connectivity index (χ3v) is 5.33. The van der Waals surface area contributed by atoms with Gasteiger partial charge in [-0.2, -0.15) is 8.42 Å². The van der Waals surface area contributed by atoms with Gasteiger partial charge in [-0.15, -0.1) is 0 Å². The van der Waals surface area contributed by atoms with Crippen molar-refractivity contribution in [3.8, 4) is 0 Å². The molecule has 0 heterocycles. The van der Waals surface area contributed by atoms with Gasteiger partial charge in [-0.05, 0) is 24.8 Å². The molecule has 1 aromatic carbocycles. The van der Waals surface area contributed by atoms with E-state index in [1.807, 2.05) is 6.07 Å². The van der Waals surface area contributed by atoms with E-state index in [0.29, 0.717) is 12.2 Å². The van der Waals surface area contributed by atoms with Gasteiger partial charge in [-0.3, -0.25) is 4.55 Å². The lowest BCUT2D eigenvalue weighted by molar-refractivity contribution is 0.0374. The fraction of sp³-hybridized carbons (Fsp3) is 0.700. The number of aliphatic hydroxyl groups is 2. The summed E-state index contributed by atoms with van der Waals surface area (Å²) in [4.78, 5) is 0. The van der Waals surface area contributed by atoms with E-state index in [2.05, 4.69) is 13.8 Å². The smallest absolute Gasteiger partial charge is 0.272 e. The predicted octanol–water partition coefficient (Wildman–Crippen LogP) is 3.74. The molecule has 0 aliphatic heterocycles. The van der Waals surface area contributed by atoms with E-state index in [4.69, 9.17) is 14.9 Å². The number of aliphatic hydroxyl groups excluding tert-OH is 2. The van der Waals surface area contributed by atoms with Crippen molar-refractivity contribution in [1.29, 1.82) is 0 Å². The van der Waals surface area contributed by atoms with Crippen LogP contribution in [0.5, 0.6) is 0 Å². The summed E-state index contributed by atoms with van der Waals surface area (Å²) in [6, 6.07) is 8.83. The van der Waals surface area contributed by atoms with E-state index < -0.39 is 15.4 Å². The molecule has 1 rings (SSSR count). The number of unbranched alkanes of at least 4 members (excludes halogenated alkanes) is 2. The zero-order chi connectivity index (χ0) is 20.5. The Hall–Kier alpha value is -0.990. The molecule has 0 bridgehead atoms. The first-order valence-corrected chi connectivity index (χ1v) is 11.2. The molecule has 0 fully saturated rings. The zero-order valence-corrected chi connectivity index (χ0v) is 17.4. The van der Waals surface area contributed by atoms with Crippen LogP contribution in [0, 0.1) is 0 Å². The maximum atomic E-state index is 11.6. The molecular weight excluding hydrogens is 368 g/mol. The summed E-state index contributed by atoms with van der Waals surface area (Å²) in [6.07, 6.45) is 7.04. The van der Waals surface area contributed by atoms with E-state index in [-0.39, 0.29) is 25.7 Å². The minimum atomic E-state index is -4.13. The van der Waals surface area contributed by atoms with Gasteiger partial charge in [0.05, 0.1) is 19.3 Å². The van der Waals surface area contributed by atoms with Crippen molar-refractivity contribution < 1.29 is 27.9 Å². The predicted molar refractivity (Wildman–Crippen MR) is 108 cm³/mol. The molecule has 6 nitrogen and oxygen atoms in total. The molecule has 158 valence electrons. The maximum absolute atomic E-state index is 11.6. The Kier molecular flexibility index (Phi) is 15.4. The maximum Gasteiger partial charge on any atom is 0.272 e. The first-order valence-electron chi connectivity index (χ1n) is 9.75. The Bertz CT molecular complexity index is 545. The van der Waals surface area contributed by atoms with Gasteiger partial charge in [0.1, 0.15) is 5.25 Å². The largest absolute Gasteiger partial charge is 0.394 e. The van der Waals surface area contributed by atoms with Gasteiger partial charge >= 0.3 is 0 Å². The number of ether oxygens (including phenoxy) is 1. The van der Waals surface area contributed by atoms with Gasteiger partial charge in [0.25, 0.3) is 10.1 Å². The van der Waals surface area contributed by atoms with Gasteiger partial charge in [0.2, 0.25) is 0 Å². The van der Waals surface area contributed by atoms with Gasteiger partial charge in [0, 0.05) is 6.61 Å². The Balaban J connectivity index is 0.00000153. The summed E-state index contributed by atoms with van der Waals surface area (Å²) in [5.41, 5.74) is 0.608. The van der Waals surface area contributed by atoms with Crippen LogP contribution in [0.1, 0.15) is 69.6 Å².